The van der Waals surface area contributed by atoms with Gasteiger partial charge < -0.3 is 19.1 Å². The molecule has 1 aromatic heterocycles. The Hall–Kier alpha value is -3.02. The van der Waals surface area contributed by atoms with Crippen molar-refractivity contribution in [3.8, 4) is 11.5 Å². The van der Waals surface area contributed by atoms with Gasteiger partial charge in [0.1, 0.15) is 0 Å². The molecule has 0 aliphatic carbocycles. The summed E-state index contributed by atoms with van der Waals surface area (Å²) in [6.45, 7) is 2.94. The molecule has 0 bridgehead atoms. The van der Waals surface area contributed by atoms with Crippen molar-refractivity contribution in [3.05, 3.63) is 48.3 Å². The van der Waals surface area contributed by atoms with Crippen molar-refractivity contribution in [3.63, 3.8) is 0 Å². The minimum atomic E-state index is -0.435. The van der Waals surface area contributed by atoms with E-state index in [0.29, 0.717) is 41.5 Å². The van der Waals surface area contributed by atoms with Gasteiger partial charge in [-0.25, -0.2) is 9.78 Å². The molecule has 4 rings (SSSR count). The molecule has 0 saturated heterocycles. The van der Waals surface area contributed by atoms with Gasteiger partial charge in [0.2, 0.25) is 6.79 Å². The Morgan fingerprint density at radius 1 is 1.25 bits per heavy atom. The highest BCUT2D eigenvalue weighted by Gasteiger charge is 2.22. The molecule has 6 heteroatoms. The van der Waals surface area contributed by atoms with E-state index in [1.807, 2.05) is 41.5 Å². The number of hydrogen-bond donors (Lipinski definition) is 0. The number of carbonyl (C=O) groups excluding carboxylic acids is 1. The Bertz CT molecular complexity index is 873. The normalized spacial score (nSPS) is 15.1. The van der Waals surface area contributed by atoms with Crippen LogP contribution in [0, 0.1) is 0 Å². The molecule has 0 fully saturated rings. The van der Waals surface area contributed by atoms with Crippen LogP contribution in [0.25, 0.3) is 10.9 Å². The number of benzene rings is 1. The predicted octanol–water partition coefficient (Wildman–Crippen LogP) is 3.03. The van der Waals surface area contributed by atoms with Crippen molar-refractivity contribution in [2.24, 2.45) is 0 Å². The lowest BCUT2D eigenvalue weighted by molar-refractivity contribution is 0.0521. The van der Waals surface area contributed by atoms with Crippen LogP contribution < -0.4 is 14.4 Å². The van der Waals surface area contributed by atoms with Crippen LogP contribution in [0.1, 0.15) is 17.4 Å². The zero-order valence-corrected chi connectivity index (χ0v) is 13.2. The van der Waals surface area contributed by atoms with Gasteiger partial charge in [-0.2, -0.15) is 0 Å². The van der Waals surface area contributed by atoms with E-state index >= 15 is 0 Å². The van der Waals surface area contributed by atoms with Gasteiger partial charge in [-0.05, 0) is 25.1 Å². The van der Waals surface area contributed by atoms with E-state index in [2.05, 4.69) is 4.98 Å². The van der Waals surface area contributed by atoms with Gasteiger partial charge in [0.05, 0.1) is 17.8 Å². The number of anilines is 1. The highest BCUT2D eigenvalue weighted by molar-refractivity contribution is 5.99. The Kier molecular flexibility index (Phi) is 3.57. The molecule has 0 spiro atoms. The van der Waals surface area contributed by atoms with Gasteiger partial charge in [-0.3, -0.25) is 0 Å². The standard InChI is InChI=1S/C18H16N2O4/c1-2-22-18(21)17-14(20-6-4-3-5-7-20)8-12-9-15-16(24-11-23-15)10-13(12)19-17/h3-6,8-10H,2,7,11H2,1H3. The third-order valence-corrected chi connectivity index (χ3v) is 3.88. The second kappa shape index (κ2) is 5.88. The Labute approximate surface area is 138 Å². The molecule has 2 aliphatic heterocycles. The maximum Gasteiger partial charge on any atom is 0.359 e. The molecule has 0 radical (unpaired) electrons. The molecule has 0 atom stereocenters. The Morgan fingerprint density at radius 2 is 2.08 bits per heavy atom. The Morgan fingerprint density at radius 3 is 2.83 bits per heavy atom. The lowest BCUT2D eigenvalue weighted by Crippen LogP contribution is -2.22. The first-order valence-corrected chi connectivity index (χ1v) is 7.78. The maximum atomic E-state index is 12.4. The number of ether oxygens (including phenoxy) is 3. The summed E-state index contributed by atoms with van der Waals surface area (Å²) in [6, 6.07) is 5.60. The van der Waals surface area contributed by atoms with Crippen LogP contribution in [0.2, 0.25) is 0 Å². The van der Waals surface area contributed by atoms with Crippen LogP contribution in [-0.2, 0) is 4.74 Å². The van der Waals surface area contributed by atoms with Crippen LogP contribution in [-0.4, -0.2) is 30.9 Å². The van der Waals surface area contributed by atoms with Crippen LogP contribution in [0.15, 0.2) is 42.6 Å². The average Bonchev–Trinajstić information content (AvgIpc) is 3.06. The minimum Gasteiger partial charge on any atom is -0.461 e. The van der Waals surface area contributed by atoms with E-state index in [-0.39, 0.29) is 6.79 Å². The van der Waals surface area contributed by atoms with E-state index in [9.17, 15) is 4.79 Å². The van der Waals surface area contributed by atoms with E-state index in [1.165, 1.54) is 0 Å². The predicted molar refractivity (Wildman–Crippen MR) is 89.4 cm³/mol. The molecule has 2 aliphatic rings. The second-order valence-electron chi connectivity index (χ2n) is 5.40. The van der Waals surface area contributed by atoms with Gasteiger partial charge in [-0.1, -0.05) is 12.2 Å². The number of nitrogens with zero attached hydrogens (tertiary/aromatic N) is 2. The summed E-state index contributed by atoms with van der Waals surface area (Å²) in [5.41, 5.74) is 1.67. The third-order valence-electron chi connectivity index (χ3n) is 3.88. The number of esters is 1. The number of aromatic nitrogens is 1. The number of rotatable bonds is 3. The fourth-order valence-corrected chi connectivity index (χ4v) is 2.77. The van der Waals surface area contributed by atoms with Crippen molar-refractivity contribution in [1.82, 2.24) is 4.98 Å². The highest BCUT2D eigenvalue weighted by Crippen LogP contribution is 2.37. The SMILES string of the molecule is CCOC(=O)c1nc2cc3c(cc2cc1N1C=CC=CC1)OCO3. The zero-order chi connectivity index (χ0) is 16.5. The van der Waals surface area contributed by atoms with Crippen molar-refractivity contribution in [2.45, 2.75) is 6.92 Å². The molecule has 0 unspecified atom stereocenters. The topological polar surface area (TPSA) is 60.9 Å². The number of carbonyl (C=O) groups is 1. The van der Waals surface area contributed by atoms with E-state index < -0.39 is 5.97 Å². The van der Waals surface area contributed by atoms with Crippen molar-refractivity contribution >= 4 is 22.6 Å². The fraction of sp³-hybridized carbons (Fsp3) is 0.222. The minimum absolute atomic E-state index is 0.197. The second-order valence-corrected chi connectivity index (χ2v) is 5.40. The molecular formula is C18H16N2O4. The largest absolute Gasteiger partial charge is 0.461 e. The van der Waals surface area contributed by atoms with E-state index in [4.69, 9.17) is 14.2 Å². The van der Waals surface area contributed by atoms with Gasteiger partial charge >= 0.3 is 5.97 Å². The summed E-state index contributed by atoms with van der Waals surface area (Å²) < 4.78 is 16.0. The van der Waals surface area contributed by atoms with Crippen molar-refractivity contribution < 1.29 is 19.0 Å². The quantitative estimate of drug-likeness (QED) is 0.809. The first kappa shape index (κ1) is 14.6. The monoisotopic (exact) mass is 324 g/mol. The van der Waals surface area contributed by atoms with Crippen molar-refractivity contribution in [2.75, 3.05) is 24.8 Å². The molecule has 0 amide bonds. The summed E-state index contributed by atoms with van der Waals surface area (Å²) >= 11 is 0. The summed E-state index contributed by atoms with van der Waals surface area (Å²) in [7, 11) is 0. The molecular weight excluding hydrogens is 308 g/mol. The molecule has 3 heterocycles. The summed E-state index contributed by atoms with van der Waals surface area (Å²) in [5, 5.41) is 0.880. The summed E-state index contributed by atoms with van der Waals surface area (Å²) in [4.78, 5) is 18.9. The summed E-state index contributed by atoms with van der Waals surface area (Å²) in [5.74, 6) is 0.890. The van der Waals surface area contributed by atoms with Crippen LogP contribution >= 0.6 is 0 Å². The molecule has 2 aromatic rings. The van der Waals surface area contributed by atoms with Gasteiger partial charge in [-0.15, -0.1) is 0 Å². The molecule has 122 valence electrons. The fourth-order valence-electron chi connectivity index (χ4n) is 2.77. The van der Waals surface area contributed by atoms with E-state index in [1.54, 1.807) is 13.0 Å². The van der Waals surface area contributed by atoms with E-state index in [0.717, 1.165) is 5.39 Å². The molecule has 0 N–H and O–H groups in total. The first-order valence-electron chi connectivity index (χ1n) is 7.78. The average molecular weight is 324 g/mol. The lowest BCUT2D eigenvalue weighted by Gasteiger charge is -2.23. The maximum absolute atomic E-state index is 12.4. The highest BCUT2D eigenvalue weighted by atomic mass is 16.7. The molecule has 24 heavy (non-hydrogen) atoms. The third kappa shape index (κ3) is 2.46. The summed E-state index contributed by atoms with van der Waals surface area (Å²) in [6.07, 6.45) is 7.81. The molecule has 6 nitrogen and oxygen atoms in total. The van der Waals surface area contributed by atoms with Crippen molar-refractivity contribution in [1.29, 1.82) is 0 Å². The van der Waals surface area contributed by atoms with Gasteiger partial charge in [0.15, 0.2) is 17.2 Å². The number of pyridine rings is 1. The zero-order valence-electron chi connectivity index (χ0n) is 13.2. The Balaban J connectivity index is 1.88. The number of allylic oxidation sites excluding steroid dienone is 2. The van der Waals surface area contributed by atoms with Gasteiger partial charge in [0, 0.05) is 24.2 Å². The lowest BCUT2D eigenvalue weighted by atomic mass is 10.1. The van der Waals surface area contributed by atoms with Crippen LogP contribution in [0.4, 0.5) is 5.69 Å². The number of fused-ring (bicyclic) bond motifs is 2. The smallest absolute Gasteiger partial charge is 0.359 e. The molecule has 1 aromatic carbocycles. The number of hydrogen-bond acceptors (Lipinski definition) is 6. The van der Waals surface area contributed by atoms with Crippen LogP contribution in [0.5, 0.6) is 11.5 Å². The van der Waals surface area contributed by atoms with Gasteiger partial charge in [0.25, 0.3) is 0 Å². The van der Waals surface area contributed by atoms with Crippen LogP contribution in [0.3, 0.4) is 0 Å². The molecule has 0 saturated carbocycles. The first-order chi connectivity index (χ1) is 11.8.